The molecule has 2 aromatic carbocycles. The van der Waals surface area contributed by atoms with Crippen molar-refractivity contribution < 1.29 is 4.79 Å². The van der Waals surface area contributed by atoms with Gasteiger partial charge in [-0.3, -0.25) is 0 Å². The van der Waals surface area contributed by atoms with Gasteiger partial charge < -0.3 is 10.2 Å². The van der Waals surface area contributed by atoms with Crippen LogP contribution in [0.4, 0.5) is 10.5 Å². The van der Waals surface area contributed by atoms with Crippen LogP contribution >= 0.6 is 11.6 Å². The van der Waals surface area contributed by atoms with Crippen LogP contribution in [-0.4, -0.2) is 17.5 Å². The fourth-order valence-electron chi connectivity index (χ4n) is 2.80. The van der Waals surface area contributed by atoms with E-state index in [0.29, 0.717) is 0 Å². The van der Waals surface area contributed by atoms with Crippen molar-refractivity contribution >= 4 is 23.3 Å². The number of nitrogens with zero attached hydrogens (tertiary/aromatic N) is 1. The van der Waals surface area contributed by atoms with Gasteiger partial charge in [0, 0.05) is 17.3 Å². The molecule has 0 radical (unpaired) electrons. The Kier molecular flexibility index (Phi) is 4.11. The van der Waals surface area contributed by atoms with E-state index in [1.165, 1.54) is 0 Å². The number of hydrogen-bond donors (Lipinski definition) is 1. The summed E-state index contributed by atoms with van der Waals surface area (Å²) in [4.78, 5) is 14.4. The molecule has 1 aliphatic rings. The van der Waals surface area contributed by atoms with Crippen molar-refractivity contribution in [1.29, 1.82) is 0 Å². The van der Waals surface area contributed by atoms with Gasteiger partial charge in [-0.05, 0) is 36.6 Å². The first-order valence-electron chi connectivity index (χ1n) is 7.13. The standard InChI is InChI=1S/C17H17ClN2O/c18-15-10-5-4-9-14(15)16-11-6-12-20(16)17(21)19-13-7-2-1-3-8-13/h1-5,7-10,16H,6,11-12H2,(H,19,21)/t16-/m1/s1. The van der Waals surface area contributed by atoms with Crippen LogP contribution in [0.3, 0.4) is 0 Å². The molecule has 0 spiro atoms. The summed E-state index contributed by atoms with van der Waals surface area (Å²) in [7, 11) is 0. The van der Waals surface area contributed by atoms with E-state index in [9.17, 15) is 4.79 Å². The lowest BCUT2D eigenvalue weighted by Gasteiger charge is -2.26. The van der Waals surface area contributed by atoms with Gasteiger partial charge >= 0.3 is 6.03 Å². The van der Waals surface area contributed by atoms with E-state index in [4.69, 9.17) is 11.6 Å². The van der Waals surface area contributed by atoms with Gasteiger partial charge in [0.1, 0.15) is 0 Å². The second-order valence-electron chi connectivity index (χ2n) is 5.17. The van der Waals surface area contributed by atoms with Crippen molar-refractivity contribution in [3.05, 3.63) is 65.2 Å². The first kappa shape index (κ1) is 14.0. The van der Waals surface area contributed by atoms with Gasteiger partial charge in [0.2, 0.25) is 0 Å². The molecule has 1 N–H and O–H groups in total. The normalized spacial score (nSPS) is 17.8. The van der Waals surface area contributed by atoms with Gasteiger partial charge in [-0.1, -0.05) is 48.0 Å². The topological polar surface area (TPSA) is 32.3 Å². The van der Waals surface area contributed by atoms with Crippen molar-refractivity contribution in [2.24, 2.45) is 0 Å². The third-order valence-electron chi connectivity index (χ3n) is 3.80. The number of hydrogen-bond acceptors (Lipinski definition) is 1. The summed E-state index contributed by atoms with van der Waals surface area (Å²) >= 11 is 6.28. The third kappa shape index (κ3) is 3.03. The largest absolute Gasteiger partial charge is 0.322 e. The van der Waals surface area contributed by atoms with Crippen LogP contribution in [-0.2, 0) is 0 Å². The SMILES string of the molecule is O=C(Nc1ccccc1)N1CCC[C@@H]1c1ccccc1Cl. The number of likely N-dealkylation sites (tertiary alicyclic amines) is 1. The van der Waals surface area contributed by atoms with E-state index in [2.05, 4.69) is 5.32 Å². The zero-order valence-electron chi connectivity index (χ0n) is 11.6. The molecular weight excluding hydrogens is 284 g/mol. The van der Waals surface area contributed by atoms with E-state index in [1.807, 2.05) is 59.5 Å². The number of nitrogens with one attached hydrogen (secondary N) is 1. The highest BCUT2D eigenvalue weighted by molar-refractivity contribution is 6.31. The van der Waals surface area contributed by atoms with E-state index >= 15 is 0 Å². The van der Waals surface area contributed by atoms with Gasteiger partial charge in [-0.15, -0.1) is 0 Å². The lowest BCUT2D eigenvalue weighted by atomic mass is 10.0. The number of carbonyl (C=O) groups excluding carboxylic acids is 1. The van der Waals surface area contributed by atoms with Gasteiger partial charge in [0.25, 0.3) is 0 Å². The summed E-state index contributed by atoms with van der Waals surface area (Å²) in [5, 5.41) is 3.67. The molecule has 0 bridgehead atoms. The van der Waals surface area contributed by atoms with Gasteiger partial charge in [0.05, 0.1) is 6.04 Å². The first-order valence-corrected chi connectivity index (χ1v) is 7.50. The van der Waals surface area contributed by atoms with Crippen molar-refractivity contribution in [1.82, 2.24) is 4.90 Å². The molecule has 1 heterocycles. The summed E-state index contributed by atoms with van der Waals surface area (Å²) in [5.74, 6) is 0. The number of rotatable bonds is 2. The molecule has 2 aromatic rings. The average molecular weight is 301 g/mol. The molecule has 1 fully saturated rings. The van der Waals surface area contributed by atoms with Gasteiger partial charge in [-0.2, -0.15) is 0 Å². The quantitative estimate of drug-likeness (QED) is 0.856. The van der Waals surface area contributed by atoms with E-state index in [1.54, 1.807) is 0 Å². The number of carbonyl (C=O) groups is 1. The Balaban J connectivity index is 1.78. The molecule has 1 atom stereocenters. The molecule has 3 rings (SSSR count). The Hall–Kier alpha value is -2.00. The molecule has 3 nitrogen and oxygen atoms in total. The minimum Gasteiger partial charge on any atom is -0.317 e. The monoisotopic (exact) mass is 300 g/mol. The Morgan fingerprint density at radius 3 is 2.57 bits per heavy atom. The molecule has 108 valence electrons. The maximum absolute atomic E-state index is 12.5. The molecule has 1 saturated heterocycles. The van der Waals surface area contributed by atoms with Crippen molar-refractivity contribution in [2.75, 3.05) is 11.9 Å². The molecular formula is C17H17ClN2O. The lowest BCUT2D eigenvalue weighted by Crippen LogP contribution is -2.34. The second kappa shape index (κ2) is 6.19. The molecule has 0 aliphatic carbocycles. The fraction of sp³-hybridized carbons (Fsp3) is 0.235. The van der Waals surface area contributed by atoms with Crippen molar-refractivity contribution in [2.45, 2.75) is 18.9 Å². The summed E-state index contributed by atoms with van der Waals surface area (Å²) < 4.78 is 0. The molecule has 0 aromatic heterocycles. The lowest BCUT2D eigenvalue weighted by molar-refractivity contribution is 0.207. The maximum atomic E-state index is 12.5. The third-order valence-corrected chi connectivity index (χ3v) is 4.15. The Morgan fingerprint density at radius 1 is 1.10 bits per heavy atom. The fourth-order valence-corrected chi connectivity index (χ4v) is 3.06. The maximum Gasteiger partial charge on any atom is 0.322 e. The summed E-state index contributed by atoms with van der Waals surface area (Å²) in [6.45, 7) is 0.758. The van der Waals surface area contributed by atoms with Crippen molar-refractivity contribution in [3.8, 4) is 0 Å². The number of amides is 2. The Bertz CT molecular complexity index is 630. The zero-order chi connectivity index (χ0) is 14.7. The minimum atomic E-state index is -0.0661. The zero-order valence-corrected chi connectivity index (χ0v) is 12.4. The van der Waals surface area contributed by atoms with Crippen LogP contribution < -0.4 is 5.32 Å². The Morgan fingerprint density at radius 2 is 1.81 bits per heavy atom. The van der Waals surface area contributed by atoms with Crippen LogP contribution in [0.2, 0.25) is 5.02 Å². The van der Waals surface area contributed by atoms with Crippen LogP contribution in [0.25, 0.3) is 0 Å². The summed E-state index contributed by atoms with van der Waals surface area (Å²) in [6.07, 6.45) is 1.95. The van der Waals surface area contributed by atoms with Gasteiger partial charge in [0.15, 0.2) is 0 Å². The predicted octanol–water partition coefficient (Wildman–Crippen LogP) is 4.71. The second-order valence-corrected chi connectivity index (χ2v) is 5.58. The molecule has 21 heavy (non-hydrogen) atoms. The highest BCUT2D eigenvalue weighted by Crippen LogP contribution is 2.35. The van der Waals surface area contributed by atoms with Crippen LogP contribution in [0, 0.1) is 0 Å². The Labute approximate surface area is 129 Å². The smallest absolute Gasteiger partial charge is 0.317 e. The number of urea groups is 1. The summed E-state index contributed by atoms with van der Waals surface area (Å²) in [5.41, 5.74) is 1.84. The number of anilines is 1. The van der Waals surface area contributed by atoms with Gasteiger partial charge in [-0.25, -0.2) is 4.79 Å². The highest BCUT2D eigenvalue weighted by atomic mass is 35.5. The summed E-state index contributed by atoms with van der Waals surface area (Å²) in [6, 6.07) is 17.3. The van der Waals surface area contributed by atoms with Crippen molar-refractivity contribution in [3.63, 3.8) is 0 Å². The van der Waals surface area contributed by atoms with E-state index < -0.39 is 0 Å². The first-order chi connectivity index (χ1) is 10.3. The number of para-hydroxylation sites is 1. The van der Waals surface area contributed by atoms with E-state index in [-0.39, 0.29) is 12.1 Å². The van der Waals surface area contributed by atoms with Crippen LogP contribution in [0.1, 0.15) is 24.4 Å². The van der Waals surface area contributed by atoms with E-state index in [0.717, 1.165) is 35.7 Å². The minimum absolute atomic E-state index is 0.0578. The number of benzene rings is 2. The molecule has 0 unspecified atom stereocenters. The highest BCUT2D eigenvalue weighted by Gasteiger charge is 2.31. The van der Waals surface area contributed by atoms with Crippen LogP contribution in [0.15, 0.2) is 54.6 Å². The number of halogens is 1. The molecule has 0 saturated carbocycles. The molecule has 4 heteroatoms. The predicted molar refractivity (Wildman–Crippen MR) is 85.6 cm³/mol. The molecule has 2 amide bonds. The average Bonchev–Trinajstić information content (AvgIpc) is 2.98. The van der Waals surface area contributed by atoms with Crippen LogP contribution in [0.5, 0.6) is 0 Å². The molecule has 1 aliphatic heterocycles.